The van der Waals surface area contributed by atoms with Crippen LogP contribution in [0.3, 0.4) is 0 Å². The molecule has 1 aromatic carbocycles. The number of carbonyl (C=O) groups is 3. The smallest absolute Gasteiger partial charge is 0.255 e. The van der Waals surface area contributed by atoms with Crippen molar-refractivity contribution >= 4 is 34.8 Å². The van der Waals surface area contributed by atoms with Gasteiger partial charge in [0.15, 0.2) is 17.8 Å². The van der Waals surface area contributed by atoms with E-state index >= 15 is 0 Å². The molecule has 0 radical (unpaired) electrons. The minimum absolute atomic E-state index is 0.0544. The molecule has 0 aromatic heterocycles. The molecule has 2 fully saturated rings. The van der Waals surface area contributed by atoms with Crippen molar-refractivity contribution in [2.45, 2.75) is 80.5 Å². The number of carbonyl (C=O) groups excluding carboxylic acids is 3. The fraction of sp³-hybridized carbons (Fsp3) is 0.581. The molecule has 48 heavy (non-hydrogen) atoms. The lowest BCUT2D eigenvalue weighted by atomic mass is 9.52. The highest BCUT2D eigenvalue weighted by Gasteiger charge is 2.74. The molecule has 1 aromatic rings. The highest BCUT2D eigenvalue weighted by molar-refractivity contribution is 6.33. The molecule has 0 bridgehead atoms. The number of rotatable bonds is 7. The Kier molecular flexibility index (Phi) is 8.72. The number of Topliss-reactive ketones (excluding diaryl/α,β-unsaturated/α-hetero) is 2. The Labute approximate surface area is 280 Å². The number of phenolic OH excluding ortho intramolecular Hbond substituents is 1. The normalized spacial score (nSPS) is 38.1. The van der Waals surface area contributed by atoms with E-state index in [1.807, 2.05) is 0 Å². The molecule has 0 spiro atoms. The lowest BCUT2D eigenvalue weighted by Crippen LogP contribution is -2.77. The van der Waals surface area contributed by atoms with Gasteiger partial charge in [0.2, 0.25) is 11.4 Å². The number of ether oxygens (including phenoxy) is 4. The number of phenols is 1. The van der Waals surface area contributed by atoms with E-state index in [2.05, 4.69) is 5.48 Å². The maximum Gasteiger partial charge on any atom is 0.255 e. The van der Waals surface area contributed by atoms with Crippen molar-refractivity contribution in [3.63, 3.8) is 0 Å². The molecule has 5 unspecified atom stereocenters. The van der Waals surface area contributed by atoms with Crippen molar-refractivity contribution in [3.05, 3.63) is 39.1 Å². The van der Waals surface area contributed by atoms with E-state index in [9.17, 15) is 45.1 Å². The van der Waals surface area contributed by atoms with E-state index < -0.39 is 111 Å². The van der Waals surface area contributed by atoms with Crippen molar-refractivity contribution in [1.82, 2.24) is 10.4 Å². The van der Waals surface area contributed by atoms with Gasteiger partial charge in [-0.25, -0.2) is 0 Å². The van der Waals surface area contributed by atoms with Gasteiger partial charge in [0.05, 0.1) is 29.3 Å². The predicted octanol–water partition coefficient (Wildman–Crippen LogP) is 0.318. The van der Waals surface area contributed by atoms with Gasteiger partial charge in [-0.05, 0) is 41.3 Å². The van der Waals surface area contributed by atoms with Crippen LogP contribution < -0.4 is 16.0 Å². The van der Waals surface area contributed by atoms with Crippen LogP contribution in [-0.2, 0) is 34.2 Å². The fourth-order valence-corrected chi connectivity index (χ4v) is 8.61. The molecule has 1 aliphatic heterocycles. The van der Waals surface area contributed by atoms with Gasteiger partial charge in [0, 0.05) is 36.7 Å². The molecule has 4 aliphatic rings. The molecule has 3 aliphatic carbocycles. The highest BCUT2D eigenvalue weighted by atomic mass is 35.5. The molecule has 1 heterocycles. The van der Waals surface area contributed by atoms with Crippen LogP contribution in [0.4, 0.5) is 0 Å². The van der Waals surface area contributed by atoms with Gasteiger partial charge in [0.1, 0.15) is 46.2 Å². The monoisotopic (exact) mass is 697 g/mol. The average molecular weight is 698 g/mol. The molecule has 17 heteroatoms. The van der Waals surface area contributed by atoms with Crippen molar-refractivity contribution in [2.75, 3.05) is 28.3 Å². The number of nitrogens with zero attached hydrogens (tertiary/aromatic N) is 1. The second kappa shape index (κ2) is 11.6. The number of primary amides is 1. The number of amides is 1. The van der Waals surface area contributed by atoms with Crippen molar-refractivity contribution < 1.29 is 64.1 Å². The standard InChI is InChI=1S/C31H40ClN3O13/c1-11-26(46-7)28(2,34-44)10-15(47-11)48-29(3)12-9-30(42)23(35(4)5)22(38)18(27(33)41)25(40)31(30,43)24(39)16(12)21(37)17-13(36)8-14(45-6)20(32)19(17)29/h8,11-12,15,23,26,34,36-37,40,42-44H,9-10H2,1-7H3,(H2,33,41)/t11?,12?,15?,23?,26?,28-,29+,30+,31-/m0/s1. The van der Waals surface area contributed by atoms with Crippen molar-refractivity contribution in [3.8, 4) is 11.5 Å². The lowest BCUT2D eigenvalue weighted by molar-refractivity contribution is -0.300. The number of aliphatic hydroxyl groups is 4. The number of halogens is 1. The second-order valence-electron chi connectivity index (χ2n) is 13.3. The van der Waals surface area contributed by atoms with E-state index in [-0.39, 0.29) is 22.8 Å². The summed E-state index contributed by atoms with van der Waals surface area (Å²) in [6.07, 6.45) is -3.45. The zero-order valence-electron chi connectivity index (χ0n) is 27.3. The summed E-state index contributed by atoms with van der Waals surface area (Å²) in [5, 5.41) is 68.6. The average Bonchev–Trinajstić information content (AvgIpc) is 2.98. The number of ketones is 2. The van der Waals surface area contributed by atoms with Crippen LogP contribution in [0.25, 0.3) is 5.76 Å². The SMILES string of the molecule is COc1cc(O)c2c(c1Cl)[C@](C)(OC1C[C@](C)(NO)C(OC)C(C)O1)C1C[C@@]3(O)C(N(C)C)C(=O)C(C(N)=O)=C(O)[C@@]3(O)C(=O)C1=C2O. The number of methoxy groups -OCH3 is 2. The first-order valence-electron chi connectivity index (χ1n) is 15.0. The highest BCUT2D eigenvalue weighted by Crippen LogP contribution is 2.62. The molecule has 264 valence electrons. The molecule has 16 nitrogen and oxygen atoms in total. The van der Waals surface area contributed by atoms with Crippen LogP contribution in [-0.4, -0.2) is 123 Å². The Morgan fingerprint density at radius 2 is 1.77 bits per heavy atom. The predicted molar refractivity (Wildman–Crippen MR) is 165 cm³/mol. The van der Waals surface area contributed by atoms with E-state index in [1.165, 1.54) is 35.2 Å². The Bertz CT molecular complexity index is 1660. The van der Waals surface area contributed by atoms with E-state index in [4.69, 9.17) is 36.3 Å². The summed E-state index contributed by atoms with van der Waals surface area (Å²) in [5.41, 5.74) is -3.96. The number of nitrogens with two attached hydrogens (primary N) is 1. The summed E-state index contributed by atoms with van der Waals surface area (Å²) in [6, 6.07) is -0.750. The van der Waals surface area contributed by atoms with Crippen LogP contribution in [0.1, 0.15) is 44.7 Å². The number of benzene rings is 1. The Balaban J connectivity index is 1.82. The number of aliphatic hydroxyl groups excluding tert-OH is 2. The van der Waals surface area contributed by atoms with Gasteiger partial charge in [0.25, 0.3) is 5.91 Å². The summed E-state index contributed by atoms with van der Waals surface area (Å²) in [6.45, 7) is 4.76. The number of hydrogen-bond acceptors (Lipinski definition) is 15. The Morgan fingerprint density at radius 1 is 1.15 bits per heavy atom. The van der Waals surface area contributed by atoms with Gasteiger partial charge < -0.3 is 55.4 Å². The van der Waals surface area contributed by atoms with Crippen LogP contribution in [0.5, 0.6) is 11.5 Å². The summed E-state index contributed by atoms with van der Waals surface area (Å²) in [5.74, 6) is -8.67. The molecule has 1 saturated carbocycles. The zero-order chi connectivity index (χ0) is 36.0. The number of hydrogen-bond donors (Lipinski definition) is 8. The maximum absolute atomic E-state index is 14.6. The van der Waals surface area contributed by atoms with E-state index in [0.717, 1.165) is 11.0 Å². The van der Waals surface area contributed by atoms with Crippen molar-refractivity contribution in [2.24, 2.45) is 11.7 Å². The molecule has 5 rings (SSSR count). The molecule has 1 saturated heterocycles. The third-order valence-electron chi connectivity index (χ3n) is 10.3. The van der Waals surface area contributed by atoms with Crippen molar-refractivity contribution in [1.29, 1.82) is 0 Å². The second-order valence-corrected chi connectivity index (χ2v) is 13.7. The number of likely N-dealkylation sites (N-methyl/N-ethyl adjacent to an activating group) is 1. The summed E-state index contributed by atoms with van der Waals surface area (Å²) >= 11 is 6.85. The number of hydroxylamine groups is 1. The Hall–Kier alpha value is -3.32. The summed E-state index contributed by atoms with van der Waals surface area (Å²) in [7, 11) is 5.39. The number of nitrogens with one attached hydrogen (secondary N) is 1. The molecule has 1 amide bonds. The number of fused-ring (bicyclic) bond motifs is 3. The van der Waals surface area contributed by atoms with Gasteiger partial charge in [-0.15, -0.1) is 0 Å². The first-order valence-corrected chi connectivity index (χ1v) is 15.3. The maximum atomic E-state index is 14.6. The summed E-state index contributed by atoms with van der Waals surface area (Å²) < 4.78 is 23.7. The molecular weight excluding hydrogens is 658 g/mol. The van der Waals surface area contributed by atoms with Crippen LogP contribution >= 0.6 is 11.6 Å². The fourth-order valence-electron chi connectivity index (χ4n) is 8.19. The third kappa shape index (κ3) is 4.55. The first kappa shape index (κ1) is 36.0. The van der Waals surface area contributed by atoms with Crippen LogP contribution in [0.2, 0.25) is 5.02 Å². The van der Waals surface area contributed by atoms with Gasteiger partial charge in [-0.2, -0.15) is 5.48 Å². The molecule has 9 atom stereocenters. The topological polar surface area (TPSA) is 251 Å². The van der Waals surface area contributed by atoms with Gasteiger partial charge in [-0.1, -0.05) is 11.6 Å². The number of aromatic hydroxyl groups is 1. The third-order valence-corrected chi connectivity index (χ3v) is 10.7. The minimum Gasteiger partial charge on any atom is -0.508 e. The van der Waals surface area contributed by atoms with Crippen LogP contribution in [0.15, 0.2) is 23.0 Å². The quantitative estimate of drug-likeness (QED) is 0.141. The van der Waals surface area contributed by atoms with Gasteiger partial charge in [-0.3, -0.25) is 19.3 Å². The zero-order valence-corrected chi connectivity index (χ0v) is 28.1. The molecular formula is C31H40ClN3O13. The van der Waals surface area contributed by atoms with Crippen LogP contribution in [0, 0.1) is 5.92 Å². The van der Waals surface area contributed by atoms with Gasteiger partial charge >= 0.3 is 0 Å². The Morgan fingerprint density at radius 3 is 2.29 bits per heavy atom. The summed E-state index contributed by atoms with van der Waals surface area (Å²) in [4.78, 5) is 41.8. The van der Waals surface area contributed by atoms with E-state index in [0.29, 0.717) is 0 Å². The molecule has 9 N–H and O–H groups in total. The lowest BCUT2D eigenvalue weighted by Gasteiger charge is -2.58. The minimum atomic E-state index is -3.38. The first-order chi connectivity index (χ1) is 22.2. The van der Waals surface area contributed by atoms with E-state index in [1.54, 1.807) is 13.8 Å². The largest absolute Gasteiger partial charge is 0.508 e.